The third-order valence-electron chi connectivity index (χ3n) is 3.69. The standard InChI is InChI=1S/C18H23NO4S/c1-4-5-6-14-7-9-15(10-8-14)19-24(20,21)18-13-16(22-2)11-12-17(18)23-3/h7-13,19H,4-6H2,1-3H3. The fraction of sp³-hybridized carbons (Fsp3) is 0.333. The number of ether oxygens (including phenoxy) is 2. The van der Waals surface area contributed by atoms with E-state index in [-0.39, 0.29) is 10.6 Å². The van der Waals surface area contributed by atoms with Crippen LogP contribution >= 0.6 is 0 Å². The molecular formula is C18H23NO4S. The van der Waals surface area contributed by atoms with Crippen molar-refractivity contribution in [2.24, 2.45) is 0 Å². The number of hydrogen-bond donors (Lipinski definition) is 1. The van der Waals surface area contributed by atoms with Crippen molar-refractivity contribution in [2.75, 3.05) is 18.9 Å². The molecule has 5 nitrogen and oxygen atoms in total. The summed E-state index contributed by atoms with van der Waals surface area (Å²) < 4.78 is 38.2. The molecule has 0 bridgehead atoms. The van der Waals surface area contributed by atoms with Crippen LogP contribution in [0.15, 0.2) is 47.4 Å². The number of nitrogens with one attached hydrogen (secondary N) is 1. The van der Waals surface area contributed by atoms with Crippen LogP contribution in [0, 0.1) is 0 Å². The summed E-state index contributed by atoms with van der Waals surface area (Å²) >= 11 is 0. The average Bonchev–Trinajstić information content (AvgIpc) is 2.60. The molecule has 0 aliphatic heterocycles. The molecule has 2 aromatic rings. The maximum Gasteiger partial charge on any atom is 0.265 e. The summed E-state index contributed by atoms with van der Waals surface area (Å²) in [6.45, 7) is 2.14. The molecule has 0 spiro atoms. The Morgan fingerprint density at radius 1 is 1.00 bits per heavy atom. The van der Waals surface area contributed by atoms with Gasteiger partial charge in [0.2, 0.25) is 0 Å². The van der Waals surface area contributed by atoms with Crippen molar-refractivity contribution in [3.63, 3.8) is 0 Å². The Balaban J connectivity index is 2.25. The molecule has 0 radical (unpaired) electrons. The molecule has 6 heteroatoms. The van der Waals surface area contributed by atoms with Crippen LogP contribution in [-0.4, -0.2) is 22.6 Å². The fourth-order valence-electron chi connectivity index (χ4n) is 2.32. The first-order chi connectivity index (χ1) is 11.5. The van der Waals surface area contributed by atoms with Gasteiger partial charge in [-0.15, -0.1) is 0 Å². The van der Waals surface area contributed by atoms with E-state index in [0.717, 1.165) is 19.3 Å². The van der Waals surface area contributed by atoms with E-state index in [2.05, 4.69) is 11.6 Å². The minimum Gasteiger partial charge on any atom is -0.497 e. The van der Waals surface area contributed by atoms with Crippen LogP contribution < -0.4 is 14.2 Å². The quantitative estimate of drug-likeness (QED) is 0.786. The van der Waals surface area contributed by atoms with Gasteiger partial charge in [0, 0.05) is 11.8 Å². The lowest BCUT2D eigenvalue weighted by Crippen LogP contribution is -2.14. The molecule has 0 aliphatic carbocycles. The summed E-state index contributed by atoms with van der Waals surface area (Å²) in [7, 11) is -0.853. The molecule has 130 valence electrons. The molecule has 0 saturated heterocycles. The average molecular weight is 349 g/mol. The molecule has 0 unspecified atom stereocenters. The van der Waals surface area contributed by atoms with Gasteiger partial charge < -0.3 is 9.47 Å². The number of methoxy groups -OCH3 is 2. The van der Waals surface area contributed by atoms with Gasteiger partial charge in [-0.1, -0.05) is 25.5 Å². The highest BCUT2D eigenvalue weighted by molar-refractivity contribution is 7.92. The van der Waals surface area contributed by atoms with Crippen molar-refractivity contribution in [3.8, 4) is 11.5 Å². The van der Waals surface area contributed by atoms with Gasteiger partial charge >= 0.3 is 0 Å². The number of aryl methyl sites for hydroxylation is 1. The van der Waals surface area contributed by atoms with Crippen LogP contribution in [0.25, 0.3) is 0 Å². The Kier molecular flexibility index (Phi) is 6.09. The third kappa shape index (κ3) is 4.41. The number of anilines is 1. The van der Waals surface area contributed by atoms with Gasteiger partial charge in [0.05, 0.1) is 14.2 Å². The first kappa shape index (κ1) is 18.1. The van der Waals surface area contributed by atoms with Crippen LogP contribution in [0.4, 0.5) is 5.69 Å². The Morgan fingerprint density at radius 3 is 2.29 bits per heavy atom. The zero-order chi connectivity index (χ0) is 17.6. The second-order valence-electron chi connectivity index (χ2n) is 5.42. The Morgan fingerprint density at radius 2 is 1.71 bits per heavy atom. The lowest BCUT2D eigenvalue weighted by Gasteiger charge is -2.13. The van der Waals surface area contributed by atoms with E-state index in [1.165, 1.54) is 25.8 Å². The summed E-state index contributed by atoms with van der Waals surface area (Å²) in [6.07, 6.45) is 3.24. The summed E-state index contributed by atoms with van der Waals surface area (Å²) in [4.78, 5) is 0.0411. The van der Waals surface area contributed by atoms with E-state index in [9.17, 15) is 8.42 Å². The molecule has 0 aliphatic rings. The molecule has 24 heavy (non-hydrogen) atoms. The van der Waals surface area contributed by atoms with E-state index >= 15 is 0 Å². The summed E-state index contributed by atoms with van der Waals surface area (Å²) in [5, 5.41) is 0. The van der Waals surface area contributed by atoms with E-state index in [0.29, 0.717) is 11.4 Å². The first-order valence-electron chi connectivity index (χ1n) is 7.84. The fourth-order valence-corrected chi connectivity index (χ4v) is 3.57. The second-order valence-corrected chi connectivity index (χ2v) is 7.07. The monoisotopic (exact) mass is 349 g/mol. The summed E-state index contributed by atoms with van der Waals surface area (Å²) in [6, 6.07) is 12.1. The zero-order valence-corrected chi connectivity index (χ0v) is 15.0. The van der Waals surface area contributed by atoms with Crippen LogP contribution in [0.3, 0.4) is 0 Å². The number of sulfonamides is 1. The molecule has 0 atom stereocenters. The molecule has 0 heterocycles. The normalized spacial score (nSPS) is 11.1. The van der Waals surface area contributed by atoms with Crippen molar-refractivity contribution in [1.82, 2.24) is 0 Å². The smallest absolute Gasteiger partial charge is 0.265 e. The molecule has 0 amide bonds. The number of benzene rings is 2. The highest BCUT2D eigenvalue weighted by Crippen LogP contribution is 2.29. The van der Waals surface area contributed by atoms with Crippen molar-refractivity contribution in [1.29, 1.82) is 0 Å². The van der Waals surface area contributed by atoms with Gasteiger partial charge in [-0.05, 0) is 42.7 Å². The number of rotatable bonds is 8. The lowest BCUT2D eigenvalue weighted by molar-refractivity contribution is 0.392. The SMILES string of the molecule is CCCCc1ccc(NS(=O)(=O)c2cc(OC)ccc2OC)cc1. The molecule has 1 N–H and O–H groups in total. The van der Waals surface area contributed by atoms with Gasteiger partial charge in [-0.3, -0.25) is 4.72 Å². The predicted octanol–water partition coefficient (Wildman–Crippen LogP) is 3.85. The predicted molar refractivity (Wildman–Crippen MR) is 95.4 cm³/mol. The minimum atomic E-state index is -3.77. The van der Waals surface area contributed by atoms with Crippen LogP contribution in [0.2, 0.25) is 0 Å². The number of hydrogen-bond acceptors (Lipinski definition) is 4. The van der Waals surface area contributed by atoms with Gasteiger partial charge in [-0.25, -0.2) is 8.42 Å². The largest absolute Gasteiger partial charge is 0.497 e. The first-order valence-corrected chi connectivity index (χ1v) is 9.32. The highest BCUT2D eigenvalue weighted by Gasteiger charge is 2.20. The van der Waals surface area contributed by atoms with E-state index in [1.807, 2.05) is 12.1 Å². The second kappa shape index (κ2) is 8.06. The van der Waals surface area contributed by atoms with Crippen molar-refractivity contribution in [2.45, 2.75) is 31.1 Å². The molecular weight excluding hydrogens is 326 g/mol. The Labute approximate surface area is 143 Å². The van der Waals surface area contributed by atoms with Gasteiger partial charge in [-0.2, -0.15) is 0 Å². The maximum atomic E-state index is 12.7. The topological polar surface area (TPSA) is 64.6 Å². The zero-order valence-electron chi connectivity index (χ0n) is 14.2. The van der Waals surface area contributed by atoms with E-state index in [1.54, 1.807) is 24.3 Å². The minimum absolute atomic E-state index is 0.0411. The number of unbranched alkanes of at least 4 members (excludes halogenated alkanes) is 1. The van der Waals surface area contributed by atoms with Crippen LogP contribution in [-0.2, 0) is 16.4 Å². The van der Waals surface area contributed by atoms with Crippen LogP contribution in [0.1, 0.15) is 25.3 Å². The van der Waals surface area contributed by atoms with Gasteiger partial charge in [0.15, 0.2) is 0 Å². The van der Waals surface area contributed by atoms with Gasteiger partial charge in [0.25, 0.3) is 10.0 Å². The Bertz CT molecular complexity index is 770. The summed E-state index contributed by atoms with van der Waals surface area (Å²) in [5.74, 6) is 0.717. The molecule has 2 rings (SSSR count). The Hall–Kier alpha value is -2.21. The summed E-state index contributed by atoms with van der Waals surface area (Å²) in [5.41, 5.74) is 1.71. The molecule has 0 aromatic heterocycles. The molecule has 2 aromatic carbocycles. The highest BCUT2D eigenvalue weighted by atomic mass is 32.2. The third-order valence-corrected chi connectivity index (χ3v) is 5.09. The van der Waals surface area contributed by atoms with Crippen molar-refractivity contribution in [3.05, 3.63) is 48.0 Å². The van der Waals surface area contributed by atoms with E-state index in [4.69, 9.17) is 9.47 Å². The van der Waals surface area contributed by atoms with Crippen molar-refractivity contribution >= 4 is 15.7 Å². The van der Waals surface area contributed by atoms with Crippen LogP contribution in [0.5, 0.6) is 11.5 Å². The van der Waals surface area contributed by atoms with E-state index < -0.39 is 10.0 Å². The molecule has 0 saturated carbocycles. The maximum absolute atomic E-state index is 12.7. The lowest BCUT2D eigenvalue weighted by atomic mass is 10.1. The van der Waals surface area contributed by atoms with Gasteiger partial charge in [0.1, 0.15) is 16.4 Å². The molecule has 0 fully saturated rings. The van der Waals surface area contributed by atoms with Crippen molar-refractivity contribution < 1.29 is 17.9 Å².